The summed E-state index contributed by atoms with van der Waals surface area (Å²) in [6, 6.07) is 14.4. The maximum absolute atomic E-state index is 14.7. The highest BCUT2D eigenvalue weighted by Gasteiger charge is 2.44. The molecule has 0 aromatic heterocycles. The van der Waals surface area contributed by atoms with Crippen LogP contribution in [-0.2, 0) is 30.8 Å². The van der Waals surface area contributed by atoms with Gasteiger partial charge in [0, 0.05) is 12.8 Å². The minimum atomic E-state index is -3.83. The number of carbonyl (C=O) groups excluding carboxylic acids is 3. The molecule has 1 aliphatic rings. The second-order valence-corrected chi connectivity index (χ2v) is 13.5. The standard InChI is InChI=1S/C33H37N5O7S/c1-6-26(36(7-2)33(42)43)31(40)35-30-21(4)38(29(39)19-46(5,44)45)28-16-22(17-34)13-15-27(28)37(32(30)41)18-25-20(3)12-14-23-10-8-9-11-24(23)25/h8-16,21,26,30H,6-7,18-19H2,1-5H3,(H,35,40)(H,42,43)/t21-,26-,30-/m0/s1. The van der Waals surface area contributed by atoms with Gasteiger partial charge in [-0.1, -0.05) is 43.3 Å². The summed E-state index contributed by atoms with van der Waals surface area (Å²) in [5, 5.41) is 24.0. The van der Waals surface area contributed by atoms with E-state index in [1.165, 1.54) is 30.0 Å². The van der Waals surface area contributed by atoms with Gasteiger partial charge in [-0.3, -0.25) is 19.3 Å². The van der Waals surface area contributed by atoms with Crippen LogP contribution in [0.3, 0.4) is 0 Å². The Hall–Kier alpha value is -4.96. The lowest BCUT2D eigenvalue weighted by molar-refractivity contribution is -0.131. The highest BCUT2D eigenvalue weighted by atomic mass is 32.2. The summed E-state index contributed by atoms with van der Waals surface area (Å²) >= 11 is 0. The molecule has 46 heavy (non-hydrogen) atoms. The fraction of sp³-hybridized carbons (Fsp3) is 0.364. The van der Waals surface area contributed by atoms with Gasteiger partial charge in [-0.2, -0.15) is 5.26 Å². The molecule has 0 fully saturated rings. The highest BCUT2D eigenvalue weighted by molar-refractivity contribution is 7.91. The fourth-order valence-corrected chi connectivity index (χ4v) is 6.56. The topological polar surface area (TPSA) is 168 Å². The molecule has 1 heterocycles. The molecule has 12 nitrogen and oxygen atoms in total. The van der Waals surface area contributed by atoms with Crippen LogP contribution in [0.15, 0.2) is 54.6 Å². The van der Waals surface area contributed by atoms with Crippen LogP contribution >= 0.6 is 0 Å². The van der Waals surface area contributed by atoms with Gasteiger partial charge in [0.15, 0.2) is 9.84 Å². The number of aryl methyl sites for hydroxylation is 1. The van der Waals surface area contributed by atoms with E-state index in [1.807, 2.05) is 49.4 Å². The number of benzene rings is 3. The molecule has 4 rings (SSSR count). The first-order valence-corrected chi connectivity index (χ1v) is 16.9. The third-order valence-electron chi connectivity index (χ3n) is 8.27. The second kappa shape index (κ2) is 13.6. The lowest BCUT2D eigenvalue weighted by Crippen LogP contribution is -2.61. The van der Waals surface area contributed by atoms with Gasteiger partial charge < -0.3 is 20.2 Å². The molecule has 3 aromatic carbocycles. The van der Waals surface area contributed by atoms with E-state index in [9.17, 15) is 38.0 Å². The van der Waals surface area contributed by atoms with Crippen molar-refractivity contribution in [1.82, 2.24) is 10.2 Å². The summed E-state index contributed by atoms with van der Waals surface area (Å²) in [5.74, 6) is -3.07. The molecule has 13 heteroatoms. The summed E-state index contributed by atoms with van der Waals surface area (Å²) in [6.45, 7) is 6.69. The summed E-state index contributed by atoms with van der Waals surface area (Å²) in [6.07, 6.45) is -0.279. The minimum Gasteiger partial charge on any atom is -0.465 e. The Balaban J connectivity index is 1.94. The second-order valence-electron chi connectivity index (χ2n) is 11.4. The van der Waals surface area contributed by atoms with Crippen LogP contribution < -0.4 is 15.1 Å². The van der Waals surface area contributed by atoms with Crippen molar-refractivity contribution in [3.05, 3.63) is 71.3 Å². The Kier molecular flexibility index (Phi) is 10.0. The molecule has 242 valence electrons. The third kappa shape index (κ3) is 6.82. The average Bonchev–Trinajstić information content (AvgIpc) is 3.08. The number of carboxylic acid groups (broad SMARTS) is 1. The number of amides is 4. The Bertz CT molecular complexity index is 1850. The van der Waals surface area contributed by atoms with Gasteiger partial charge in [0.1, 0.15) is 17.8 Å². The number of fused-ring (bicyclic) bond motifs is 2. The number of sulfone groups is 1. The number of nitriles is 1. The van der Waals surface area contributed by atoms with Crippen molar-refractivity contribution in [2.24, 2.45) is 0 Å². The highest BCUT2D eigenvalue weighted by Crippen LogP contribution is 2.38. The Morgan fingerprint density at radius 2 is 1.78 bits per heavy atom. The molecule has 0 unspecified atom stereocenters. The Morgan fingerprint density at radius 1 is 1.09 bits per heavy atom. The first-order chi connectivity index (χ1) is 21.7. The number of anilines is 2. The lowest BCUT2D eigenvalue weighted by Gasteiger charge is -2.34. The molecular weight excluding hydrogens is 610 g/mol. The van der Waals surface area contributed by atoms with Crippen LogP contribution in [0.2, 0.25) is 0 Å². The first kappa shape index (κ1) is 33.9. The van der Waals surface area contributed by atoms with Gasteiger partial charge in [0.2, 0.25) is 11.8 Å². The third-order valence-corrected chi connectivity index (χ3v) is 9.04. The van der Waals surface area contributed by atoms with Gasteiger partial charge in [0.05, 0.1) is 35.6 Å². The number of likely N-dealkylation sites (N-methyl/N-ethyl adjacent to an activating group) is 1. The minimum absolute atomic E-state index is 0.0171. The lowest BCUT2D eigenvalue weighted by atomic mass is 9.98. The summed E-state index contributed by atoms with van der Waals surface area (Å²) in [5.41, 5.74) is 2.25. The van der Waals surface area contributed by atoms with E-state index in [4.69, 9.17) is 0 Å². The quantitative estimate of drug-likeness (QED) is 0.355. The zero-order chi connectivity index (χ0) is 33.9. The van der Waals surface area contributed by atoms with Gasteiger partial charge in [-0.15, -0.1) is 0 Å². The van der Waals surface area contributed by atoms with E-state index in [1.54, 1.807) is 13.8 Å². The molecule has 3 atom stereocenters. The first-order valence-electron chi connectivity index (χ1n) is 14.8. The van der Waals surface area contributed by atoms with E-state index in [0.29, 0.717) is 0 Å². The smallest absolute Gasteiger partial charge is 0.407 e. The van der Waals surface area contributed by atoms with Gasteiger partial charge in [-0.25, -0.2) is 13.2 Å². The zero-order valence-corrected chi connectivity index (χ0v) is 27.2. The van der Waals surface area contributed by atoms with E-state index >= 15 is 0 Å². The van der Waals surface area contributed by atoms with E-state index in [0.717, 1.165) is 38.0 Å². The average molecular weight is 648 g/mol. The largest absolute Gasteiger partial charge is 0.465 e. The van der Waals surface area contributed by atoms with Crippen LogP contribution in [0, 0.1) is 18.3 Å². The molecule has 2 N–H and O–H groups in total. The molecule has 4 amide bonds. The number of hydrogen-bond acceptors (Lipinski definition) is 7. The molecule has 0 aliphatic carbocycles. The fourth-order valence-electron chi connectivity index (χ4n) is 5.98. The molecule has 1 aliphatic heterocycles. The Labute approximate surface area is 268 Å². The maximum Gasteiger partial charge on any atom is 0.407 e. The summed E-state index contributed by atoms with van der Waals surface area (Å²) in [7, 11) is -3.83. The number of hydrogen-bond donors (Lipinski definition) is 2. The van der Waals surface area contributed by atoms with Crippen LogP contribution in [0.4, 0.5) is 16.2 Å². The van der Waals surface area contributed by atoms with Gasteiger partial charge >= 0.3 is 6.09 Å². The van der Waals surface area contributed by atoms with Crippen molar-refractivity contribution in [3.63, 3.8) is 0 Å². The molecule has 0 saturated heterocycles. The maximum atomic E-state index is 14.7. The van der Waals surface area contributed by atoms with Crippen molar-refractivity contribution in [3.8, 4) is 6.07 Å². The van der Waals surface area contributed by atoms with Crippen molar-refractivity contribution < 1.29 is 32.7 Å². The summed E-state index contributed by atoms with van der Waals surface area (Å²) < 4.78 is 24.6. The van der Waals surface area contributed by atoms with Gasteiger partial charge in [0.25, 0.3) is 5.91 Å². The van der Waals surface area contributed by atoms with Crippen molar-refractivity contribution in [2.75, 3.05) is 28.4 Å². The number of carbonyl (C=O) groups is 4. The molecule has 0 saturated carbocycles. The molecule has 0 radical (unpaired) electrons. The normalized spacial score (nSPS) is 17.1. The van der Waals surface area contributed by atoms with E-state index in [2.05, 4.69) is 5.32 Å². The molecule has 3 aromatic rings. The zero-order valence-electron chi connectivity index (χ0n) is 26.4. The number of nitrogens with zero attached hydrogens (tertiary/aromatic N) is 4. The molecular formula is C33H37N5O7S. The van der Waals surface area contributed by atoms with Crippen molar-refractivity contribution in [1.29, 1.82) is 5.26 Å². The predicted octanol–water partition coefficient (Wildman–Crippen LogP) is 3.60. The number of rotatable bonds is 9. The van der Waals surface area contributed by atoms with Crippen LogP contribution in [0.5, 0.6) is 0 Å². The van der Waals surface area contributed by atoms with Crippen molar-refractivity contribution >= 4 is 55.8 Å². The summed E-state index contributed by atoms with van der Waals surface area (Å²) in [4.78, 5) is 57.5. The van der Waals surface area contributed by atoms with E-state index in [-0.39, 0.29) is 36.4 Å². The van der Waals surface area contributed by atoms with Crippen molar-refractivity contribution in [2.45, 2.75) is 58.8 Å². The van der Waals surface area contributed by atoms with Gasteiger partial charge in [-0.05, 0) is 67.3 Å². The van der Waals surface area contributed by atoms with E-state index < -0.39 is 57.5 Å². The van der Waals surface area contributed by atoms with Crippen LogP contribution in [-0.4, -0.2) is 78.9 Å². The van der Waals surface area contributed by atoms with Crippen LogP contribution in [0.1, 0.15) is 43.9 Å². The monoisotopic (exact) mass is 647 g/mol. The number of nitrogens with one attached hydrogen (secondary N) is 1. The van der Waals surface area contributed by atoms with Crippen LogP contribution in [0.25, 0.3) is 10.8 Å². The molecule has 0 bridgehead atoms. The molecule has 0 spiro atoms. The predicted molar refractivity (Wildman–Crippen MR) is 174 cm³/mol. The SMILES string of the molecule is CC[C@@H](C(=O)N[C@@H]1C(=O)N(Cc2c(C)ccc3ccccc23)c2ccc(C#N)cc2N(C(=O)CS(C)(=O)=O)[C@H]1C)N(CC)C(=O)O. The Morgan fingerprint density at radius 3 is 2.39 bits per heavy atom.